The van der Waals surface area contributed by atoms with Crippen molar-refractivity contribution >= 4 is 33.4 Å². The van der Waals surface area contributed by atoms with Crippen LogP contribution in [-0.4, -0.2) is 21.1 Å². The molecule has 29 heavy (non-hydrogen) atoms. The van der Waals surface area contributed by atoms with Gasteiger partial charge in [0.15, 0.2) is 11.6 Å². The molecule has 0 spiro atoms. The molecule has 0 aliphatic rings. The molecule has 4 heteroatoms. The van der Waals surface area contributed by atoms with Gasteiger partial charge in [0.05, 0.1) is 11.4 Å². The summed E-state index contributed by atoms with van der Waals surface area (Å²) < 4.78 is 1.98. The molecule has 4 aromatic rings. The first-order chi connectivity index (χ1) is 13.8. The number of rotatable bonds is 6. The van der Waals surface area contributed by atoms with Crippen molar-refractivity contribution < 1.29 is 9.59 Å². The minimum absolute atomic E-state index is 0.0408. The summed E-state index contributed by atoms with van der Waals surface area (Å²) in [4.78, 5) is 28.6. The summed E-state index contributed by atoms with van der Waals surface area (Å²) in [7, 11) is 1.95. The molecule has 4 nitrogen and oxygen atoms in total. The average Bonchev–Trinajstić information content (AvgIpc) is 3.27. The zero-order chi connectivity index (χ0) is 20.7. The minimum Gasteiger partial charge on any atom is -0.352 e. The molecule has 0 fully saturated rings. The van der Waals surface area contributed by atoms with Gasteiger partial charge in [-0.05, 0) is 42.3 Å². The molecular weight excluding hydrogens is 360 g/mol. The Balaban J connectivity index is 1.57. The molecule has 1 atom stereocenters. The molecule has 0 aliphatic carbocycles. The number of hydrogen-bond acceptors (Lipinski definition) is 2. The number of H-pyrrole nitrogens is 1. The average molecular weight is 386 g/mol. The van der Waals surface area contributed by atoms with Crippen LogP contribution in [0.4, 0.5) is 0 Å². The van der Waals surface area contributed by atoms with Crippen LogP contribution >= 0.6 is 0 Å². The van der Waals surface area contributed by atoms with E-state index in [2.05, 4.69) is 11.1 Å². The Hall–Kier alpha value is -3.14. The highest BCUT2D eigenvalue weighted by Gasteiger charge is 2.20. The monoisotopic (exact) mass is 386 g/mol. The number of carbonyl (C=O) groups is 2. The van der Waals surface area contributed by atoms with Crippen molar-refractivity contribution in [3.8, 4) is 0 Å². The Kier molecular flexibility index (Phi) is 4.87. The van der Waals surface area contributed by atoms with Crippen LogP contribution in [-0.2, 0) is 13.5 Å². The van der Waals surface area contributed by atoms with Crippen molar-refractivity contribution in [3.63, 3.8) is 0 Å². The Labute approximate surface area is 170 Å². The number of hydrogen-bond donors (Lipinski definition) is 1. The fraction of sp³-hybridized carbons (Fsp3) is 0.280. The van der Waals surface area contributed by atoms with Crippen LogP contribution in [0.5, 0.6) is 0 Å². The third-order valence-electron chi connectivity index (χ3n) is 5.67. The van der Waals surface area contributed by atoms with E-state index < -0.39 is 0 Å². The van der Waals surface area contributed by atoms with Crippen LogP contribution in [0.25, 0.3) is 21.8 Å². The van der Waals surface area contributed by atoms with Crippen LogP contribution in [0.2, 0.25) is 0 Å². The maximum atomic E-state index is 13.1. The lowest BCUT2D eigenvalue weighted by Crippen LogP contribution is -2.17. The molecule has 0 saturated heterocycles. The van der Waals surface area contributed by atoms with Crippen molar-refractivity contribution in [2.75, 3.05) is 0 Å². The van der Waals surface area contributed by atoms with Crippen molar-refractivity contribution in [2.45, 2.75) is 27.2 Å². The highest BCUT2D eigenvalue weighted by atomic mass is 16.1. The molecule has 0 radical (unpaired) electrons. The lowest BCUT2D eigenvalue weighted by atomic mass is 9.94. The first-order valence-corrected chi connectivity index (χ1v) is 10.1. The number of aromatic nitrogens is 2. The van der Waals surface area contributed by atoms with Crippen molar-refractivity contribution in [1.82, 2.24) is 9.55 Å². The zero-order valence-electron chi connectivity index (χ0n) is 17.3. The second-order valence-corrected chi connectivity index (χ2v) is 8.24. The molecule has 0 aliphatic heterocycles. The van der Waals surface area contributed by atoms with E-state index in [0.717, 1.165) is 33.1 Å². The number of Topliss-reactive ketones (excluding diaryl/α,β-unsaturated/α-hetero) is 2. The minimum atomic E-state index is -0.133. The van der Waals surface area contributed by atoms with Crippen LogP contribution in [0.1, 0.15) is 47.3 Å². The van der Waals surface area contributed by atoms with E-state index in [4.69, 9.17) is 0 Å². The molecule has 1 unspecified atom stereocenters. The smallest absolute Gasteiger partial charge is 0.182 e. The van der Waals surface area contributed by atoms with Gasteiger partial charge in [0.2, 0.25) is 0 Å². The molecule has 2 heterocycles. The number of aryl methyl sites for hydroxylation is 1. The summed E-state index contributed by atoms with van der Waals surface area (Å²) in [6.07, 6.45) is 0.662. The van der Waals surface area contributed by atoms with Crippen LogP contribution in [0, 0.1) is 11.8 Å². The molecule has 2 aromatic carbocycles. The van der Waals surface area contributed by atoms with Crippen LogP contribution < -0.4 is 0 Å². The summed E-state index contributed by atoms with van der Waals surface area (Å²) in [5.41, 5.74) is 4.50. The Morgan fingerprint density at radius 2 is 1.69 bits per heavy atom. The molecule has 0 saturated carbocycles. The number of aromatic amines is 1. The van der Waals surface area contributed by atoms with E-state index in [1.54, 1.807) is 0 Å². The Morgan fingerprint density at radius 1 is 0.931 bits per heavy atom. The number of ketones is 2. The number of nitrogens with one attached hydrogen (secondary N) is 1. The second-order valence-electron chi connectivity index (χ2n) is 8.24. The predicted octanol–water partition coefficient (Wildman–Crippen LogP) is 5.56. The van der Waals surface area contributed by atoms with Gasteiger partial charge in [-0.15, -0.1) is 0 Å². The summed E-state index contributed by atoms with van der Waals surface area (Å²) in [6, 6.07) is 18.1. The molecule has 0 bridgehead atoms. The Morgan fingerprint density at radius 3 is 2.41 bits per heavy atom. The molecule has 1 N–H and O–H groups in total. The standard InChI is InChI=1S/C25H26N2O2/c1-15(2)24(28)21-13-19-12-17(9-10-20(19)26-21)11-16(3)25(29)23-14-18-7-5-6-8-22(18)27(23)4/h5-10,12-16,26H,11H2,1-4H3. The van der Waals surface area contributed by atoms with Gasteiger partial charge in [-0.1, -0.05) is 45.0 Å². The first kappa shape index (κ1) is 19.2. The van der Waals surface area contributed by atoms with Crippen molar-refractivity contribution in [2.24, 2.45) is 18.9 Å². The van der Waals surface area contributed by atoms with Gasteiger partial charge in [0.1, 0.15) is 0 Å². The number of carbonyl (C=O) groups excluding carboxylic acids is 2. The highest BCUT2D eigenvalue weighted by molar-refractivity contribution is 6.02. The van der Waals surface area contributed by atoms with Crippen molar-refractivity contribution in [3.05, 3.63) is 71.5 Å². The summed E-state index contributed by atoms with van der Waals surface area (Å²) in [5.74, 6) is 0.0859. The molecule has 148 valence electrons. The number of fused-ring (bicyclic) bond motifs is 2. The number of benzene rings is 2. The SMILES string of the molecule is CC(C)C(=O)c1cc2cc(CC(C)C(=O)c3cc4ccccc4n3C)ccc2[nH]1. The fourth-order valence-corrected chi connectivity index (χ4v) is 3.98. The second kappa shape index (κ2) is 7.36. The topological polar surface area (TPSA) is 54.9 Å². The van der Waals surface area contributed by atoms with E-state index in [1.165, 1.54) is 0 Å². The van der Waals surface area contributed by atoms with E-state index in [1.807, 2.05) is 80.9 Å². The number of para-hydroxylation sites is 1. The lowest BCUT2D eigenvalue weighted by molar-refractivity contribution is 0.0918. The van der Waals surface area contributed by atoms with Crippen LogP contribution in [0.15, 0.2) is 54.6 Å². The highest BCUT2D eigenvalue weighted by Crippen LogP contribution is 2.24. The van der Waals surface area contributed by atoms with E-state index in [-0.39, 0.29) is 23.4 Å². The Bertz CT molecular complexity index is 1230. The van der Waals surface area contributed by atoms with Gasteiger partial charge in [-0.3, -0.25) is 9.59 Å². The third-order valence-corrected chi connectivity index (χ3v) is 5.67. The van der Waals surface area contributed by atoms with Gasteiger partial charge >= 0.3 is 0 Å². The fourth-order valence-electron chi connectivity index (χ4n) is 3.98. The maximum Gasteiger partial charge on any atom is 0.182 e. The largest absolute Gasteiger partial charge is 0.352 e. The zero-order valence-corrected chi connectivity index (χ0v) is 17.3. The molecular formula is C25H26N2O2. The molecule has 2 aromatic heterocycles. The number of nitrogens with zero attached hydrogens (tertiary/aromatic N) is 1. The van der Waals surface area contributed by atoms with E-state index in [9.17, 15) is 9.59 Å². The molecule has 0 amide bonds. The maximum absolute atomic E-state index is 13.1. The van der Waals surface area contributed by atoms with Gasteiger partial charge < -0.3 is 9.55 Å². The van der Waals surface area contributed by atoms with Gasteiger partial charge in [-0.25, -0.2) is 0 Å². The van der Waals surface area contributed by atoms with Crippen LogP contribution in [0.3, 0.4) is 0 Å². The summed E-state index contributed by atoms with van der Waals surface area (Å²) in [6.45, 7) is 5.79. The van der Waals surface area contributed by atoms with E-state index >= 15 is 0 Å². The van der Waals surface area contributed by atoms with Gasteiger partial charge in [0, 0.05) is 40.7 Å². The van der Waals surface area contributed by atoms with Gasteiger partial charge in [-0.2, -0.15) is 0 Å². The first-order valence-electron chi connectivity index (χ1n) is 10.1. The van der Waals surface area contributed by atoms with Gasteiger partial charge in [0.25, 0.3) is 0 Å². The predicted molar refractivity (Wildman–Crippen MR) is 118 cm³/mol. The normalized spacial score (nSPS) is 12.7. The quantitative estimate of drug-likeness (QED) is 0.441. The van der Waals surface area contributed by atoms with E-state index in [0.29, 0.717) is 12.1 Å². The van der Waals surface area contributed by atoms with Crippen molar-refractivity contribution in [1.29, 1.82) is 0 Å². The lowest BCUT2D eigenvalue weighted by Gasteiger charge is -2.12. The third kappa shape index (κ3) is 3.51. The summed E-state index contributed by atoms with van der Waals surface area (Å²) >= 11 is 0. The molecule has 4 rings (SSSR count). The summed E-state index contributed by atoms with van der Waals surface area (Å²) in [5, 5.41) is 2.09.